The minimum atomic E-state index is -0.476. The lowest BCUT2D eigenvalue weighted by Crippen LogP contribution is -2.59. The van der Waals surface area contributed by atoms with E-state index in [9.17, 15) is 9.59 Å². The molecule has 12 heavy (non-hydrogen) atoms. The van der Waals surface area contributed by atoms with Crippen LogP contribution in [0.1, 0.15) is 0 Å². The smallest absolute Gasteiger partial charge is 0.246 e. The molecule has 0 bridgehead atoms. The molecule has 0 aromatic heterocycles. The standard InChI is InChI=1S/C7H13N3O2/c1-9-4-6(11)10(2)5(3-8)7(9)12/h5H,3-4,8H2,1-2H3/t5-/m0/s1. The number of hydrogen-bond donors (Lipinski definition) is 1. The van der Waals surface area contributed by atoms with Gasteiger partial charge in [-0.05, 0) is 0 Å². The van der Waals surface area contributed by atoms with Gasteiger partial charge in [0.15, 0.2) is 0 Å². The van der Waals surface area contributed by atoms with Gasteiger partial charge in [-0.15, -0.1) is 0 Å². The molecule has 1 atom stereocenters. The van der Waals surface area contributed by atoms with E-state index in [1.54, 1.807) is 14.1 Å². The van der Waals surface area contributed by atoms with E-state index < -0.39 is 6.04 Å². The maximum absolute atomic E-state index is 11.4. The van der Waals surface area contributed by atoms with Crippen LogP contribution < -0.4 is 5.73 Å². The quantitative estimate of drug-likeness (QED) is 0.508. The van der Waals surface area contributed by atoms with Crippen LogP contribution in [0.3, 0.4) is 0 Å². The van der Waals surface area contributed by atoms with Crippen LogP contribution in [-0.2, 0) is 9.59 Å². The summed E-state index contributed by atoms with van der Waals surface area (Å²) in [6.45, 7) is 0.344. The Morgan fingerprint density at radius 1 is 1.50 bits per heavy atom. The van der Waals surface area contributed by atoms with Gasteiger partial charge in [-0.25, -0.2) is 0 Å². The summed E-state index contributed by atoms with van der Waals surface area (Å²) >= 11 is 0. The topological polar surface area (TPSA) is 66.6 Å². The third kappa shape index (κ3) is 1.27. The lowest BCUT2D eigenvalue weighted by atomic mass is 10.1. The van der Waals surface area contributed by atoms with Gasteiger partial charge < -0.3 is 15.5 Å². The summed E-state index contributed by atoms with van der Waals surface area (Å²) in [5.74, 6) is -0.146. The van der Waals surface area contributed by atoms with Crippen LogP contribution in [0.25, 0.3) is 0 Å². The van der Waals surface area contributed by atoms with Crippen molar-refractivity contribution in [3.05, 3.63) is 0 Å². The number of piperazine rings is 1. The van der Waals surface area contributed by atoms with E-state index in [-0.39, 0.29) is 24.9 Å². The molecule has 0 aromatic rings. The summed E-state index contributed by atoms with van der Waals surface area (Å²) in [4.78, 5) is 25.4. The van der Waals surface area contributed by atoms with Gasteiger partial charge in [-0.1, -0.05) is 0 Å². The minimum absolute atomic E-state index is 0.0625. The number of carbonyl (C=O) groups excluding carboxylic acids is 2. The molecule has 0 spiro atoms. The number of hydrogen-bond acceptors (Lipinski definition) is 3. The zero-order chi connectivity index (χ0) is 9.30. The third-order valence-electron chi connectivity index (χ3n) is 2.12. The minimum Gasteiger partial charge on any atom is -0.335 e. The molecular formula is C7H13N3O2. The van der Waals surface area contributed by atoms with E-state index in [2.05, 4.69) is 0 Å². The van der Waals surface area contributed by atoms with E-state index in [0.717, 1.165) is 0 Å². The fraction of sp³-hybridized carbons (Fsp3) is 0.714. The lowest BCUT2D eigenvalue weighted by Gasteiger charge is -2.35. The summed E-state index contributed by atoms with van der Waals surface area (Å²) in [6, 6.07) is -0.476. The van der Waals surface area contributed by atoms with Crippen molar-refractivity contribution in [2.24, 2.45) is 5.73 Å². The molecule has 0 aromatic carbocycles. The normalized spacial score (nSPS) is 25.1. The van der Waals surface area contributed by atoms with Crippen LogP contribution in [0.5, 0.6) is 0 Å². The SMILES string of the molecule is CN1CC(=O)N(C)[C@@H](CN)C1=O. The Labute approximate surface area is 71.1 Å². The maximum atomic E-state index is 11.4. The molecule has 1 aliphatic heterocycles. The number of rotatable bonds is 1. The molecule has 0 radical (unpaired) electrons. The van der Waals surface area contributed by atoms with Crippen LogP contribution in [-0.4, -0.2) is 54.8 Å². The Hall–Kier alpha value is -1.10. The summed E-state index contributed by atoms with van der Waals surface area (Å²) in [5, 5.41) is 0. The van der Waals surface area contributed by atoms with Crippen LogP contribution in [0.4, 0.5) is 0 Å². The molecule has 68 valence electrons. The molecule has 2 amide bonds. The third-order valence-corrected chi connectivity index (χ3v) is 2.12. The second kappa shape index (κ2) is 3.10. The van der Waals surface area contributed by atoms with Crippen molar-refractivity contribution in [1.82, 2.24) is 9.80 Å². The zero-order valence-electron chi connectivity index (χ0n) is 7.28. The average molecular weight is 171 g/mol. The highest BCUT2D eigenvalue weighted by Gasteiger charge is 2.33. The van der Waals surface area contributed by atoms with Crippen LogP contribution in [0, 0.1) is 0 Å². The average Bonchev–Trinajstić information content (AvgIpc) is 2.02. The Morgan fingerprint density at radius 3 is 2.58 bits per heavy atom. The zero-order valence-corrected chi connectivity index (χ0v) is 7.28. The first-order chi connectivity index (χ1) is 5.57. The van der Waals surface area contributed by atoms with E-state index >= 15 is 0 Å². The first-order valence-corrected chi connectivity index (χ1v) is 3.78. The summed E-state index contributed by atoms with van der Waals surface area (Å²) in [7, 11) is 3.21. The van der Waals surface area contributed by atoms with Gasteiger partial charge in [0.05, 0.1) is 6.54 Å². The van der Waals surface area contributed by atoms with Gasteiger partial charge in [0.1, 0.15) is 6.04 Å². The molecule has 5 nitrogen and oxygen atoms in total. The molecule has 1 rings (SSSR count). The first-order valence-electron chi connectivity index (χ1n) is 3.78. The number of likely N-dealkylation sites (N-methyl/N-ethyl adjacent to an activating group) is 2. The van der Waals surface area contributed by atoms with Crippen molar-refractivity contribution in [2.75, 3.05) is 27.2 Å². The largest absolute Gasteiger partial charge is 0.335 e. The molecule has 1 saturated heterocycles. The van der Waals surface area contributed by atoms with Crippen molar-refractivity contribution >= 4 is 11.8 Å². The van der Waals surface area contributed by atoms with Crippen molar-refractivity contribution in [3.63, 3.8) is 0 Å². The van der Waals surface area contributed by atoms with Crippen LogP contribution in [0.2, 0.25) is 0 Å². The molecule has 1 heterocycles. The fourth-order valence-electron chi connectivity index (χ4n) is 1.25. The molecule has 5 heteroatoms. The maximum Gasteiger partial charge on any atom is 0.246 e. The van der Waals surface area contributed by atoms with Gasteiger partial charge in [0, 0.05) is 20.6 Å². The van der Waals surface area contributed by atoms with Crippen molar-refractivity contribution in [3.8, 4) is 0 Å². The van der Waals surface area contributed by atoms with Gasteiger partial charge in [-0.3, -0.25) is 9.59 Å². The Bertz CT molecular complexity index is 217. The second-order valence-corrected chi connectivity index (χ2v) is 2.95. The van der Waals surface area contributed by atoms with Crippen LogP contribution >= 0.6 is 0 Å². The monoisotopic (exact) mass is 171 g/mol. The highest BCUT2D eigenvalue weighted by Crippen LogP contribution is 2.07. The molecule has 1 fully saturated rings. The van der Waals surface area contributed by atoms with Gasteiger partial charge in [-0.2, -0.15) is 0 Å². The Kier molecular flexibility index (Phi) is 2.32. The van der Waals surface area contributed by atoms with Gasteiger partial charge in [0.2, 0.25) is 11.8 Å². The lowest BCUT2D eigenvalue weighted by molar-refractivity contribution is -0.152. The predicted molar refractivity (Wildman–Crippen MR) is 43.2 cm³/mol. The molecule has 0 unspecified atom stereocenters. The summed E-state index contributed by atoms with van der Waals surface area (Å²) in [5.41, 5.74) is 5.37. The fourth-order valence-corrected chi connectivity index (χ4v) is 1.25. The van der Waals surface area contributed by atoms with E-state index in [1.165, 1.54) is 9.80 Å². The van der Waals surface area contributed by atoms with Gasteiger partial charge >= 0.3 is 0 Å². The Morgan fingerprint density at radius 2 is 2.08 bits per heavy atom. The summed E-state index contributed by atoms with van der Waals surface area (Å²) < 4.78 is 0. The van der Waals surface area contributed by atoms with Crippen molar-refractivity contribution in [2.45, 2.75) is 6.04 Å². The highest BCUT2D eigenvalue weighted by molar-refractivity contribution is 5.94. The molecular weight excluding hydrogens is 158 g/mol. The summed E-state index contributed by atoms with van der Waals surface area (Å²) in [6.07, 6.45) is 0. The van der Waals surface area contributed by atoms with Gasteiger partial charge in [0.25, 0.3) is 0 Å². The predicted octanol–water partition coefficient (Wildman–Crippen LogP) is -1.76. The first kappa shape index (κ1) is 8.99. The van der Waals surface area contributed by atoms with Crippen molar-refractivity contribution < 1.29 is 9.59 Å². The molecule has 0 aliphatic carbocycles. The number of amides is 2. The second-order valence-electron chi connectivity index (χ2n) is 2.95. The number of carbonyl (C=O) groups is 2. The van der Waals surface area contributed by atoms with E-state index in [0.29, 0.717) is 0 Å². The van der Waals surface area contributed by atoms with Crippen molar-refractivity contribution in [1.29, 1.82) is 0 Å². The highest BCUT2D eigenvalue weighted by atomic mass is 16.2. The molecule has 0 saturated carbocycles. The molecule has 2 N–H and O–H groups in total. The van der Waals surface area contributed by atoms with E-state index in [1.807, 2.05) is 0 Å². The Balaban J connectivity index is 2.81. The molecule has 1 aliphatic rings. The van der Waals surface area contributed by atoms with E-state index in [4.69, 9.17) is 5.73 Å². The number of nitrogens with two attached hydrogens (primary N) is 1. The van der Waals surface area contributed by atoms with Crippen LogP contribution in [0.15, 0.2) is 0 Å². The number of nitrogens with zero attached hydrogens (tertiary/aromatic N) is 2.